The fourth-order valence-electron chi connectivity index (χ4n) is 3.61. The van der Waals surface area contributed by atoms with Gasteiger partial charge in [-0.3, -0.25) is 9.89 Å². The maximum atomic E-state index is 5.47. The van der Waals surface area contributed by atoms with E-state index >= 15 is 0 Å². The highest BCUT2D eigenvalue weighted by Crippen LogP contribution is 2.18. The van der Waals surface area contributed by atoms with E-state index in [-0.39, 0.29) is 5.54 Å². The fourth-order valence-corrected chi connectivity index (χ4v) is 3.61. The van der Waals surface area contributed by atoms with Gasteiger partial charge in [0.25, 0.3) is 0 Å². The van der Waals surface area contributed by atoms with Crippen LogP contribution >= 0.6 is 0 Å². The van der Waals surface area contributed by atoms with Crippen LogP contribution in [0.1, 0.15) is 19.4 Å². The highest BCUT2D eigenvalue weighted by Gasteiger charge is 2.28. The van der Waals surface area contributed by atoms with E-state index in [1.807, 2.05) is 19.3 Å². The van der Waals surface area contributed by atoms with E-state index in [0.717, 1.165) is 70.9 Å². The van der Waals surface area contributed by atoms with E-state index in [1.165, 1.54) is 5.56 Å². The Morgan fingerprint density at radius 3 is 2.46 bits per heavy atom. The Morgan fingerprint density at radius 1 is 1.11 bits per heavy atom. The van der Waals surface area contributed by atoms with E-state index in [9.17, 15) is 0 Å². The average Bonchev–Trinajstić information content (AvgIpc) is 2.75. The first-order valence-electron chi connectivity index (χ1n) is 10.1. The van der Waals surface area contributed by atoms with Crippen molar-refractivity contribution in [3.63, 3.8) is 0 Å². The Kier molecular flexibility index (Phi) is 7.47. The molecular weight excluding hydrogens is 356 g/mol. The first kappa shape index (κ1) is 20.8. The van der Waals surface area contributed by atoms with Crippen molar-refractivity contribution in [3.8, 4) is 0 Å². The smallest absolute Gasteiger partial charge is 0.191 e. The summed E-state index contributed by atoms with van der Waals surface area (Å²) in [5.74, 6) is 1.83. The number of hydrogen-bond donors (Lipinski definition) is 2. The van der Waals surface area contributed by atoms with Crippen LogP contribution in [0.3, 0.4) is 0 Å². The molecule has 0 atom stereocenters. The highest BCUT2D eigenvalue weighted by atomic mass is 16.5. The summed E-state index contributed by atoms with van der Waals surface area (Å²) in [5, 5.41) is 6.92. The van der Waals surface area contributed by atoms with Crippen LogP contribution in [0, 0.1) is 0 Å². The molecule has 2 fully saturated rings. The Labute approximate surface area is 168 Å². The maximum absolute atomic E-state index is 5.47. The molecule has 0 saturated carbocycles. The van der Waals surface area contributed by atoms with Crippen molar-refractivity contribution in [1.82, 2.24) is 20.5 Å². The molecule has 8 heteroatoms. The Bertz CT molecular complexity index is 639. The summed E-state index contributed by atoms with van der Waals surface area (Å²) in [6.45, 7) is 12.8. The molecule has 8 nitrogen and oxygen atoms in total. The molecular formula is C20H34N6O2. The Hall–Kier alpha value is -1.90. The van der Waals surface area contributed by atoms with E-state index in [2.05, 4.69) is 50.3 Å². The molecule has 2 aliphatic rings. The number of ether oxygens (including phenoxy) is 2. The number of nitrogens with one attached hydrogen (secondary N) is 2. The minimum absolute atomic E-state index is 0.0364. The van der Waals surface area contributed by atoms with Gasteiger partial charge in [0.05, 0.1) is 26.4 Å². The number of aromatic nitrogens is 1. The van der Waals surface area contributed by atoms with Crippen LogP contribution in [0.15, 0.2) is 23.3 Å². The van der Waals surface area contributed by atoms with E-state index in [4.69, 9.17) is 9.47 Å². The summed E-state index contributed by atoms with van der Waals surface area (Å²) in [4.78, 5) is 13.8. The van der Waals surface area contributed by atoms with Crippen molar-refractivity contribution >= 4 is 11.8 Å². The largest absolute Gasteiger partial charge is 0.379 e. The van der Waals surface area contributed by atoms with Crippen molar-refractivity contribution in [1.29, 1.82) is 0 Å². The number of morpholine rings is 2. The Morgan fingerprint density at radius 2 is 1.79 bits per heavy atom. The summed E-state index contributed by atoms with van der Waals surface area (Å²) in [6.07, 6.45) is 1.85. The molecule has 0 bridgehead atoms. The predicted octanol–water partition coefficient (Wildman–Crippen LogP) is 0.694. The van der Waals surface area contributed by atoms with Crippen LogP contribution in [0.2, 0.25) is 0 Å². The van der Waals surface area contributed by atoms with Crippen molar-refractivity contribution in [2.45, 2.75) is 25.9 Å². The first-order valence-corrected chi connectivity index (χ1v) is 10.1. The topological polar surface area (TPSA) is 74.2 Å². The average molecular weight is 391 g/mol. The van der Waals surface area contributed by atoms with Gasteiger partial charge >= 0.3 is 0 Å². The SMILES string of the molecule is CN=C(NCc1cccnc1N1CCOCC1)NCC(C)(C)N1CCOCC1. The van der Waals surface area contributed by atoms with Gasteiger partial charge in [0.1, 0.15) is 5.82 Å². The summed E-state index contributed by atoms with van der Waals surface area (Å²) in [6, 6.07) is 4.11. The zero-order valence-corrected chi connectivity index (χ0v) is 17.4. The third kappa shape index (κ3) is 5.56. The monoisotopic (exact) mass is 390 g/mol. The molecule has 2 N–H and O–H groups in total. The molecule has 2 aliphatic heterocycles. The van der Waals surface area contributed by atoms with Gasteiger partial charge in [-0.1, -0.05) is 6.07 Å². The second kappa shape index (κ2) is 10.0. The van der Waals surface area contributed by atoms with E-state index < -0.39 is 0 Å². The quantitative estimate of drug-likeness (QED) is 0.547. The summed E-state index contributed by atoms with van der Waals surface area (Å²) < 4.78 is 10.9. The van der Waals surface area contributed by atoms with Crippen LogP contribution in [-0.4, -0.2) is 87.6 Å². The van der Waals surface area contributed by atoms with Gasteiger partial charge in [0, 0.05) is 63.6 Å². The lowest BCUT2D eigenvalue weighted by molar-refractivity contribution is -0.00834. The summed E-state index contributed by atoms with van der Waals surface area (Å²) in [5.41, 5.74) is 1.20. The molecule has 0 unspecified atom stereocenters. The normalized spacial score (nSPS) is 19.5. The lowest BCUT2D eigenvalue weighted by Gasteiger charge is -2.41. The maximum Gasteiger partial charge on any atom is 0.191 e. The highest BCUT2D eigenvalue weighted by molar-refractivity contribution is 5.79. The number of hydrogen-bond acceptors (Lipinski definition) is 6. The second-order valence-electron chi connectivity index (χ2n) is 7.78. The minimum Gasteiger partial charge on any atom is -0.379 e. The number of rotatable bonds is 6. The van der Waals surface area contributed by atoms with Gasteiger partial charge in [-0.15, -0.1) is 0 Å². The van der Waals surface area contributed by atoms with Crippen molar-refractivity contribution < 1.29 is 9.47 Å². The Balaban J connectivity index is 1.54. The number of nitrogens with zero attached hydrogens (tertiary/aromatic N) is 4. The molecule has 2 saturated heterocycles. The molecule has 28 heavy (non-hydrogen) atoms. The lowest BCUT2D eigenvalue weighted by atomic mass is 10.0. The molecule has 0 spiro atoms. The van der Waals surface area contributed by atoms with Gasteiger partial charge in [-0.2, -0.15) is 0 Å². The standard InChI is InChI=1S/C20H34N6O2/c1-20(2,26-9-13-28-14-10-26)16-24-19(21-3)23-15-17-5-4-6-22-18(17)25-7-11-27-12-8-25/h4-6H,7-16H2,1-3H3,(H2,21,23,24). The van der Waals surface area contributed by atoms with Gasteiger partial charge in [-0.25, -0.2) is 4.98 Å². The second-order valence-corrected chi connectivity index (χ2v) is 7.78. The molecule has 0 aliphatic carbocycles. The van der Waals surface area contributed by atoms with Crippen LogP contribution in [0.5, 0.6) is 0 Å². The van der Waals surface area contributed by atoms with Crippen LogP contribution < -0.4 is 15.5 Å². The zero-order valence-electron chi connectivity index (χ0n) is 17.4. The van der Waals surface area contributed by atoms with Crippen molar-refractivity contribution in [2.24, 2.45) is 4.99 Å². The minimum atomic E-state index is 0.0364. The predicted molar refractivity (Wildman–Crippen MR) is 112 cm³/mol. The number of aliphatic imine (C=N–C) groups is 1. The summed E-state index contributed by atoms with van der Waals surface area (Å²) >= 11 is 0. The van der Waals surface area contributed by atoms with E-state index in [0.29, 0.717) is 6.54 Å². The molecule has 1 aromatic heterocycles. The van der Waals surface area contributed by atoms with Gasteiger partial charge in [0.15, 0.2) is 5.96 Å². The molecule has 0 radical (unpaired) electrons. The van der Waals surface area contributed by atoms with Crippen LogP contribution in [0.4, 0.5) is 5.82 Å². The number of guanidine groups is 1. The van der Waals surface area contributed by atoms with Crippen LogP contribution in [0.25, 0.3) is 0 Å². The van der Waals surface area contributed by atoms with Crippen molar-refractivity contribution in [3.05, 3.63) is 23.9 Å². The van der Waals surface area contributed by atoms with Gasteiger partial charge in [0.2, 0.25) is 0 Å². The molecule has 0 aromatic carbocycles. The molecule has 156 valence electrons. The third-order valence-electron chi connectivity index (χ3n) is 5.40. The third-order valence-corrected chi connectivity index (χ3v) is 5.40. The number of anilines is 1. The van der Waals surface area contributed by atoms with Crippen LogP contribution in [-0.2, 0) is 16.0 Å². The lowest BCUT2D eigenvalue weighted by Crippen LogP contribution is -2.56. The number of pyridine rings is 1. The van der Waals surface area contributed by atoms with E-state index in [1.54, 1.807) is 0 Å². The molecule has 0 amide bonds. The first-order chi connectivity index (χ1) is 13.6. The van der Waals surface area contributed by atoms with Gasteiger partial charge in [-0.05, 0) is 19.9 Å². The van der Waals surface area contributed by atoms with Crippen molar-refractivity contribution in [2.75, 3.05) is 71.1 Å². The molecule has 3 rings (SSSR count). The summed E-state index contributed by atoms with van der Waals surface area (Å²) in [7, 11) is 1.81. The molecule has 1 aromatic rings. The zero-order chi connectivity index (χ0) is 19.8. The molecule has 3 heterocycles. The fraction of sp³-hybridized carbons (Fsp3) is 0.700. The van der Waals surface area contributed by atoms with Gasteiger partial charge < -0.3 is 25.0 Å².